The highest BCUT2D eigenvalue weighted by Gasteiger charge is 2.35. The predicted molar refractivity (Wildman–Crippen MR) is 75.8 cm³/mol. The van der Waals surface area contributed by atoms with E-state index in [9.17, 15) is 8.42 Å². The zero-order chi connectivity index (χ0) is 14.8. The summed E-state index contributed by atoms with van der Waals surface area (Å²) in [5, 5.41) is 3.09. The van der Waals surface area contributed by atoms with E-state index in [1.807, 2.05) is 6.92 Å². The van der Waals surface area contributed by atoms with Crippen molar-refractivity contribution in [1.29, 1.82) is 0 Å². The Hall–Kier alpha value is -1.31. The Bertz CT molecular complexity index is 570. The Morgan fingerprint density at radius 1 is 1.30 bits per heavy atom. The third-order valence-electron chi connectivity index (χ3n) is 3.44. The largest absolute Gasteiger partial charge is 0.497 e. The second-order valence-electron chi connectivity index (χ2n) is 4.54. The van der Waals surface area contributed by atoms with Gasteiger partial charge in [-0.1, -0.05) is 6.92 Å². The summed E-state index contributed by atoms with van der Waals surface area (Å²) in [5.41, 5.74) is 0. The van der Waals surface area contributed by atoms with Gasteiger partial charge in [-0.05, 0) is 12.1 Å². The van der Waals surface area contributed by atoms with Crippen LogP contribution in [0.3, 0.4) is 0 Å². The Morgan fingerprint density at radius 2 is 2.00 bits per heavy atom. The van der Waals surface area contributed by atoms with Crippen molar-refractivity contribution in [1.82, 2.24) is 9.62 Å². The summed E-state index contributed by atoms with van der Waals surface area (Å²) in [6.07, 6.45) is 0. The first kappa shape index (κ1) is 15.1. The monoisotopic (exact) mass is 300 g/mol. The number of rotatable bonds is 6. The highest BCUT2D eigenvalue weighted by atomic mass is 32.2. The molecule has 1 N–H and O–H groups in total. The minimum atomic E-state index is -3.60. The molecule has 2 rings (SSSR count). The lowest BCUT2D eigenvalue weighted by atomic mass is 10.2. The number of nitrogens with one attached hydrogen (secondary N) is 1. The van der Waals surface area contributed by atoms with Crippen LogP contribution >= 0.6 is 0 Å². The van der Waals surface area contributed by atoms with Crippen molar-refractivity contribution >= 4 is 10.0 Å². The van der Waals surface area contributed by atoms with Crippen LogP contribution in [0.15, 0.2) is 23.1 Å². The average molecular weight is 300 g/mol. The van der Waals surface area contributed by atoms with Crippen molar-refractivity contribution < 1.29 is 17.9 Å². The van der Waals surface area contributed by atoms with Crippen molar-refractivity contribution in [2.75, 3.05) is 33.9 Å². The van der Waals surface area contributed by atoms with Gasteiger partial charge in [0, 0.05) is 25.7 Å². The molecule has 6 nitrogen and oxygen atoms in total. The van der Waals surface area contributed by atoms with Crippen molar-refractivity contribution in [2.45, 2.75) is 17.9 Å². The van der Waals surface area contributed by atoms with Crippen molar-refractivity contribution in [3.8, 4) is 11.5 Å². The molecule has 0 unspecified atom stereocenters. The molecular weight excluding hydrogens is 280 g/mol. The first-order valence-corrected chi connectivity index (χ1v) is 7.93. The zero-order valence-corrected chi connectivity index (χ0v) is 12.7. The quantitative estimate of drug-likeness (QED) is 0.837. The molecular formula is C13H20N2O4S. The van der Waals surface area contributed by atoms with Gasteiger partial charge >= 0.3 is 0 Å². The molecule has 0 saturated carbocycles. The minimum Gasteiger partial charge on any atom is -0.497 e. The van der Waals surface area contributed by atoms with Gasteiger partial charge in [-0.2, -0.15) is 4.31 Å². The summed E-state index contributed by atoms with van der Waals surface area (Å²) in [4.78, 5) is 0.146. The van der Waals surface area contributed by atoms with Gasteiger partial charge in [0.15, 0.2) is 0 Å². The van der Waals surface area contributed by atoms with E-state index in [0.29, 0.717) is 31.1 Å². The van der Waals surface area contributed by atoms with Crippen molar-refractivity contribution in [3.63, 3.8) is 0 Å². The van der Waals surface area contributed by atoms with Gasteiger partial charge in [-0.15, -0.1) is 0 Å². The van der Waals surface area contributed by atoms with E-state index in [1.54, 1.807) is 12.1 Å². The molecule has 1 saturated heterocycles. The molecule has 7 heteroatoms. The number of hydrogen-bond donors (Lipinski definition) is 1. The van der Waals surface area contributed by atoms with Crippen LogP contribution in [-0.4, -0.2) is 52.6 Å². The van der Waals surface area contributed by atoms with Crippen LogP contribution in [0.4, 0.5) is 0 Å². The summed E-state index contributed by atoms with van der Waals surface area (Å²) in [6, 6.07) is 4.79. The van der Waals surface area contributed by atoms with E-state index in [0.717, 1.165) is 0 Å². The number of methoxy groups -OCH3 is 2. The van der Waals surface area contributed by atoms with Gasteiger partial charge in [0.25, 0.3) is 0 Å². The predicted octanol–water partition coefficient (Wildman–Crippen LogP) is 0.686. The number of ether oxygens (including phenoxy) is 2. The molecule has 0 radical (unpaired) electrons. The van der Waals surface area contributed by atoms with Gasteiger partial charge < -0.3 is 14.8 Å². The van der Waals surface area contributed by atoms with E-state index < -0.39 is 10.0 Å². The van der Waals surface area contributed by atoms with Gasteiger partial charge in [0.05, 0.1) is 20.3 Å². The Morgan fingerprint density at radius 3 is 2.45 bits per heavy atom. The van der Waals surface area contributed by atoms with Gasteiger partial charge in [0.1, 0.15) is 16.4 Å². The molecule has 1 heterocycles. The van der Waals surface area contributed by atoms with Gasteiger partial charge in [0.2, 0.25) is 10.0 Å². The van der Waals surface area contributed by atoms with Crippen LogP contribution in [0.1, 0.15) is 6.92 Å². The normalized spacial score (nSPS) is 16.0. The van der Waals surface area contributed by atoms with Crippen LogP contribution < -0.4 is 14.8 Å². The summed E-state index contributed by atoms with van der Waals surface area (Å²) in [5.74, 6) is 0.823. The molecule has 0 aliphatic carbocycles. The second-order valence-corrected chi connectivity index (χ2v) is 6.40. The maximum Gasteiger partial charge on any atom is 0.247 e. The van der Waals surface area contributed by atoms with Crippen molar-refractivity contribution in [3.05, 3.63) is 18.2 Å². The number of hydrogen-bond acceptors (Lipinski definition) is 5. The highest BCUT2D eigenvalue weighted by molar-refractivity contribution is 7.89. The van der Waals surface area contributed by atoms with Crippen molar-refractivity contribution in [2.24, 2.45) is 0 Å². The smallest absolute Gasteiger partial charge is 0.247 e. The summed E-state index contributed by atoms with van der Waals surface area (Å²) >= 11 is 0. The Kier molecular flexibility index (Phi) is 4.52. The summed E-state index contributed by atoms with van der Waals surface area (Å²) in [6.45, 7) is 3.62. The van der Waals surface area contributed by atoms with E-state index in [2.05, 4.69) is 5.32 Å². The Balaban J connectivity index is 2.46. The molecule has 0 bridgehead atoms. The SMILES string of the molecule is CCN(C1CNC1)S(=O)(=O)c1cc(OC)ccc1OC. The molecule has 1 fully saturated rings. The molecule has 0 amide bonds. The maximum atomic E-state index is 12.8. The first-order valence-electron chi connectivity index (χ1n) is 6.49. The number of sulfonamides is 1. The van der Waals surface area contributed by atoms with E-state index >= 15 is 0 Å². The fourth-order valence-electron chi connectivity index (χ4n) is 2.21. The highest BCUT2D eigenvalue weighted by Crippen LogP contribution is 2.31. The second kappa shape index (κ2) is 5.99. The molecule has 20 heavy (non-hydrogen) atoms. The topological polar surface area (TPSA) is 67.9 Å². The van der Waals surface area contributed by atoms with Crippen LogP contribution in [0, 0.1) is 0 Å². The first-order chi connectivity index (χ1) is 9.54. The van der Waals surface area contributed by atoms with Gasteiger partial charge in [-0.3, -0.25) is 0 Å². The fourth-order valence-corrected chi connectivity index (χ4v) is 4.02. The molecule has 1 aromatic carbocycles. The lowest BCUT2D eigenvalue weighted by Gasteiger charge is -2.36. The number of nitrogens with zero attached hydrogens (tertiary/aromatic N) is 1. The molecule has 0 spiro atoms. The Labute approximate surface area is 119 Å². The molecule has 112 valence electrons. The summed E-state index contributed by atoms with van der Waals surface area (Å²) in [7, 11) is -0.632. The van der Waals surface area contributed by atoms with Crippen LogP contribution in [-0.2, 0) is 10.0 Å². The lowest BCUT2D eigenvalue weighted by Crippen LogP contribution is -2.58. The lowest BCUT2D eigenvalue weighted by molar-refractivity contribution is 0.248. The van der Waals surface area contributed by atoms with Crippen LogP contribution in [0.5, 0.6) is 11.5 Å². The summed E-state index contributed by atoms with van der Waals surface area (Å²) < 4.78 is 37.4. The minimum absolute atomic E-state index is 0.000840. The third kappa shape index (κ3) is 2.61. The molecule has 0 aromatic heterocycles. The average Bonchev–Trinajstić information content (AvgIpc) is 2.41. The van der Waals surface area contributed by atoms with Crippen LogP contribution in [0.2, 0.25) is 0 Å². The number of likely N-dealkylation sites (N-methyl/N-ethyl adjacent to an activating group) is 1. The maximum absolute atomic E-state index is 12.8. The van der Waals surface area contributed by atoms with E-state index in [4.69, 9.17) is 9.47 Å². The standard InChI is InChI=1S/C13H20N2O4S/c1-4-15(10-8-14-9-10)20(16,17)13-7-11(18-2)5-6-12(13)19-3/h5-7,10,14H,4,8-9H2,1-3H3. The number of benzene rings is 1. The molecule has 0 atom stereocenters. The molecule has 1 aliphatic heterocycles. The zero-order valence-electron chi connectivity index (χ0n) is 11.9. The van der Waals surface area contributed by atoms with E-state index in [1.165, 1.54) is 24.6 Å². The third-order valence-corrected chi connectivity index (χ3v) is 5.48. The van der Waals surface area contributed by atoms with Gasteiger partial charge in [-0.25, -0.2) is 8.42 Å². The molecule has 1 aromatic rings. The van der Waals surface area contributed by atoms with E-state index in [-0.39, 0.29) is 10.9 Å². The fraction of sp³-hybridized carbons (Fsp3) is 0.538. The van der Waals surface area contributed by atoms with Crippen LogP contribution in [0.25, 0.3) is 0 Å². The molecule has 1 aliphatic rings.